The second kappa shape index (κ2) is 5.29. The van der Waals surface area contributed by atoms with Gasteiger partial charge in [-0.05, 0) is 31.5 Å². The number of halogens is 3. The first-order chi connectivity index (χ1) is 8.27. The van der Waals surface area contributed by atoms with Gasteiger partial charge in [0.25, 0.3) is 0 Å². The lowest BCUT2D eigenvalue weighted by Crippen LogP contribution is -2.42. The molecule has 1 amide bonds. The van der Waals surface area contributed by atoms with Gasteiger partial charge in [0.1, 0.15) is 5.75 Å². The van der Waals surface area contributed by atoms with Crippen molar-refractivity contribution < 1.29 is 23.1 Å². The quantitative estimate of drug-likeness (QED) is 0.908. The Morgan fingerprint density at radius 1 is 1.44 bits per heavy atom. The molecule has 18 heavy (non-hydrogen) atoms. The van der Waals surface area contributed by atoms with Crippen LogP contribution < -0.4 is 0 Å². The van der Waals surface area contributed by atoms with Crippen LogP contribution in [-0.4, -0.2) is 28.6 Å². The molecule has 0 saturated carbocycles. The summed E-state index contributed by atoms with van der Waals surface area (Å²) >= 11 is 0. The van der Waals surface area contributed by atoms with Gasteiger partial charge in [0.15, 0.2) is 0 Å². The summed E-state index contributed by atoms with van der Waals surface area (Å²) in [6.45, 7) is 2.90. The second-order valence-corrected chi connectivity index (χ2v) is 3.86. The molecule has 1 aromatic carbocycles. The number of hydrogen-bond acceptors (Lipinski definition) is 2. The van der Waals surface area contributed by atoms with Crippen molar-refractivity contribution in [3.05, 3.63) is 29.8 Å². The van der Waals surface area contributed by atoms with Crippen molar-refractivity contribution in [3.8, 4) is 5.75 Å². The van der Waals surface area contributed by atoms with Gasteiger partial charge in [-0.25, -0.2) is 0 Å². The third-order valence-corrected chi connectivity index (χ3v) is 2.66. The van der Waals surface area contributed by atoms with Gasteiger partial charge >= 0.3 is 12.1 Å². The number of aromatic hydroxyl groups is 1. The van der Waals surface area contributed by atoms with E-state index in [1.807, 2.05) is 0 Å². The summed E-state index contributed by atoms with van der Waals surface area (Å²) in [5.41, 5.74) is 0.453. The van der Waals surface area contributed by atoms with Crippen molar-refractivity contribution in [2.75, 3.05) is 6.54 Å². The first-order valence-corrected chi connectivity index (χ1v) is 5.44. The standard InChI is InChI=1S/C12H14F3NO2/c1-3-16(11(18)12(13,14)15)8(2)9-5-4-6-10(17)7-9/h4-8,17H,3H2,1-2H3. The number of nitrogens with zero attached hydrogens (tertiary/aromatic N) is 1. The molecule has 0 aliphatic heterocycles. The maximum absolute atomic E-state index is 12.4. The summed E-state index contributed by atoms with van der Waals surface area (Å²) in [6, 6.07) is 5.09. The maximum atomic E-state index is 12.4. The Balaban J connectivity index is 2.99. The number of benzene rings is 1. The van der Waals surface area contributed by atoms with E-state index in [1.54, 1.807) is 6.07 Å². The average molecular weight is 261 g/mol. The average Bonchev–Trinajstić information content (AvgIpc) is 2.28. The Labute approximate surface area is 103 Å². The number of rotatable bonds is 3. The van der Waals surface area contributed by atoms with Crippen molar-refractivity contribution in [1.82, 2.24) is 4.90 Å². The summed E-state index contributed by atoms with van der Waals surface area (Å²) in [6.07, 6.45) is -4.89. The zero-order valence-corrected chi connectivity index (χ0v) is 10.0. The molecule has 1 rings (SSSR count). The van der Waals surface area contributed by atoms with Gasteiger partial charge in [0.05, 0.1) is 6.04 Å². The number of carbonyl (C=O) groups is 1. The molecule has 1 N–H and O–H groups in total. The van der Waals surface area contributed by atoms with Crippen LogP contribution in [0, 0.1) is 0 Å². The summed E-state index contributed by atoms with van der Waals surface area (Å²) in [5, 5.41) is 9.29. The largest absolute Gasteiger partial charge is 0.508 e. The Bertz CT molecular complexity index is 432. The highest BCUT2D eigenvalue weighted by molar-refractivity contribution is 5.82. The monoisotopic (exact) mass is 261 g/mol. The smallest absolute Gasteiger partial charge is 0.471 e. The number of carbonyl (C=O) groups excluding carboxylic acids is 1. The van der Waals surface area contributed by atoms with E-state index in [0.29, 0.717) is 5.56 Å². The lowest BCUT2D eigenvalue weighted by Gasteiger charge is -2.29. The van der Waals surface area contributed by atoms with Crippen LogP contribution >= 0.6 is 0 Å². The van der Waals surface area contributed by atoms with Crippen LogP contribution in [0.3, 0.4) is 0 Å². The van der Waals surface area contributed by atoms with Gasteiger partial charge < -0.3 is 10.0 Å². The molecule has 1 aromatic rings. The van der Waals surface area contributed by atoms with Crippen LogP contribution in [-0.2, 0) is 4.79 Å². The predicted molar refractivity (Wildman–Crippen MR) is 60.0 cm³/mol. The minimum absolute atomic E-state index is 0.0464. The number of alkyl halides is 3. The number of amides is 1. The van der Waals surface area contributed by atoms with Crippen LogP contribution in [0.4, 0.5) is 13.2 Å². The predicted octanol–water partition coefficient (Wildman–Crippen LogP) is 2.86. The molecule has 0 aliphatic rings. The minimum Gasteiger partial charge on any atom is -0.508 e. The Hall–Kier alpha value is -1.72. The third-order valence-electron chi connectivity index (χ3n) is 2.66. The Kier molecular flexibility index (Phi) is 4.21. The van der Waals surface area contributed by atoms with Crippen LogP contribution in [0.5, 0.6) is 5.75 Å². The number of phenols is 1. The highest BCUT2D eigenvalue weighted by Crippen LogP contribution is 2.27. The SMILES string of the molecule is CCN(C(=O)C(F)(F)F)C(C)c1cccc(O)c1. The second-order valence-electron chi connectivity index (χ2n) is 3.86. The van der Waals surface area contributed by atoms with Crippen LogP contribution in [0.1, 0.15) is 25.5 Å². The van der Waals surface area contributed by atoms with Crippen molar-refractivity contribution in [2.45, 2.75) is 26.1 Å². The summed E-state index contributed by atoms with van der Waals surface area (Å²) in [5.74, 6) is -1.92. The zero-order chi connectivity index (χ0) is 13.9. The first kappa shape index (κ1) is 14.3. The van der Waals surface area contributed by atoms with Crippen molar-refractivity contribution in [2.24, 2.45) is 0 Å². The molecule has 6 heteroatoms. The molecule has 0 aliphatic carbocycles. The van der Waals surface area contributed by atoms with Crippen molar-refractivity contribution in [1.29, 1.82) is 0 Å². The topological polar surface area (TPSA) is 40.5 Å². The summed E-state index contributed by atoms with van der Waals surface area (Å²) in [7, 11) is 0. The van der Waals surface area contributed by atoms with Crippen molar-refractivity contribution >= 4 is 5.91 Å². The molecule has 0 saturated heterocycles. The number of hydrogen-bond donors (Lipinski definition) is 1. The number of phenolic OH excluding ortho intramolecular Hbond substituents is 1. The third kappa shape index (κ3) is 3.15. The van der Waals surface area contributed by atoms with Crippen LogP contribution in [0.2, 0.25) is 0 Å². The van der Waals surface area contributed by atoms with E-state index in [4.69, 9.17) is 0 Å². The fraction of sp³-hybridized carbons (Fsp3) is 0.417. The van der Waals surface area contributed by atoms with Crippen molar-refractivity contribution in [3.63, 3.8) is 0 Å². The van der Waals surface area contributed by atoms with Gasteiger partial charge in [0, 0.05) is 6.54 Å². The molecular formula is C12H14F3NO2. The summed E-state index contributed by atoms with van der Waals surface area (Å²) < 4.78 is 37.2. The first-order valence-electron chi connectivity index (χ1n) is 5.44. The zero-order valence-electron chi connectivity index (χ0n) is 10.0. The molecule has 0 aromatic heterocycles. The fourth-order valence-corrected chi connectivity index (χ4v) is 1.72. The van der Waals surface area contributed by atoms with Crippen LogP contribution in [0.15, 0.2) is 24.3 Å². The van der Waals surface area contributed by atoms with E-state index < -0.39 is 18.1 Å². The molecule has 0 fully saturated rings. The van der Waals surface area contributed by atoms with Gasteiger partial charge in [-0.1, -0.05) is 12.1 Å². The van der Waals surface area contributed by atoms with E-state index in [0.717, 1.165) is 4.90 Å². The molecule has 0 radical (unpaired) electrons. The van der Waals surface area contributed by atoms with Crippen LogP contribution in [0.25, 0.3) is 0 Å². The highest BCUT2D eigenvalue weighted by atomic mass is 19.4. The highest BCUT2D eigenvalue weighted by Gasteiger charge is 2.43. The van der Waals surface area contributed by atoms with E-state index in [9.17, 15) is 23.1 Å². The van der Waals surface area contributed by atoms with Gasteiger partial charge in [-0.2, -0.15) is 13.2 Å². The molecule has 0 bridgehead atoms. The van der Waals surface area contributed by atoms with E-state index in [2.05, 4.69) is 0 Å². The molecule has 0 heterocycles. The fourth-order valence-electron chi connectivity index (χ4n) is 1.72. The normalized spacial score (nSPS) is 13.2. The lowest BCUT2D eigenvalue weighted by molar-refractivity contribution is -0.187. The van der Waals surface area contributed by atoms with Gasteiger partial charge in [-0.3, -0.25) is 4.79 Å². The Morgan fingerprint density at radius 2 is 2.06 bits per heavy atom. The molecular weight excluding hydrogens is 247 g/mol. The minimum atomic E-state index is -4.89. The van der Waals surface area contributed by atoms with E-state index in [1.165, 1.54) is 32.0 Å². The molecule has 100 valence electrons. The van der Waals surface area contributed by atoms with Gasteiger partial charge in [-0.15, -0.1) is 0 Å². The molecule has 1 atom stereocenters. The van der Waals surface area contributed by atoms with Gasteiger partial charge in [0.2, 0.25) is 0 Å². The molecule has 1 unspecified atom stereocenters. The summed E-state index contributed by atoms with van der Waals surface area (Å²) in [4.78, 5) is 12.0. The maximum Gasteiger partial charge on any atom is 0.471 e. The Morgan fingerprint density at radius 3 is 2.50 bits per heavy atom. The molecule has 3 nitrogen and oxygen atoms in total. The van der Waals surface area contributed by atoms with E-state index >= 15 is 0 Å². The molecule has 0 spiro atoms. The van der Waals surface area contributed by atoms with E-state index in [-0.39, 0.29) is 12.3 Å². The lowest BCUT2D eigenvalue weighted by atomic mass is 10.1.